The summed E-state index contributed by atoms with van der Waals surface area (Å²) in [6.07, 6.45) is 10.9. The van der Waals surface area contributed by atoms with Crippen molar-refractivity contribution in [2.24, 2.45) is 4.99 Å². The normalized spacial score (nSPS) is 19.6. The van der Waals surface area contributed by atoms with E-state index < -0.39 is 0 Å². The Labute approximate surface area is 183 Å². The summed E-state index contributed by atoms with van der Waals surface area (Å²) in [5.74, 6) is 0.940. The quantitative estimate of drug-likeness (QED) is 0.345. The van der Waals surface area contributed by atoms with Gasteiger partial charge in [0.2, 0.25) is 0 Å². The monoisotopic (exact) mass is 499 g/mol. The summed E-state index contributed by atoms with van der Waals surface area (Å²) in [7, 11) is 0. The second-order valence-corrected chi connectivity index (χ2v) is 7.79. The largest absolute Gasteiger partial charge is 0.357 e. The molecule has 0 spiro atoms. The van der Waals surface area contributed by atoms with E-state index in [4.69, 9.17) is 4.99 Å². The summed E-state index contributed by atoms with van der Waals surface area (Å²) < 4.78 is 1.92. The molecular formula is C20H30IN5S. The Morgan fingerprint density at radius 3 is 2.81 bits per heavy atom. The molecule has 2 N–H and O–H groups in total. The number of guanidine groups is 1. The molecule has 1 aliphatic rings. The lowest BCUT2D eigenvalue weighted by atomic mass is 10.2. The highest BCUT2D eigenvalue weighted by atomic mass is 127. The van der Waals surface area contributed by atoms with Crippen LogP contribution in [0, 0.1) is 0 Å². The van der Waals surface area contributed by atoms with E-state index in [1.807, 2.05) is 40.8 Å². The van der Waals surface area contributed by atoms with Gasteiger partial charge < -0.3 is 10.6 Å². The molecule has 0 aliphatic heterocycles. The maximum atomic E-state index is 4.76. The molecule has 1 fully saturated rings. The van der Waals surface area contributed by atoms with E-state index in [9.17, 15) is 0 Å². The zero-order chi connectivity index (χ0) is 18.2. The Hall–Kier alpha value is -1.22. The molecule has 0 bridgehead atoms. The molecule has 2 aromatic rings. The molecule has 7 heteroatoms. The first-order valence-electron chi connectivity index (χ1n) is 9.45. The maximum Gasteiger partial charge on any atom is 0.191 e. The van der Waals surface area contributed by atoms with E-state index in [-0.39, 0.29) is 24.0 Å². The van der Waals surface area contributed by atoms with E-state index in [0.717, 1.165) is 36.4 Å². The van der Waals surface area contributed by atoms with Gasteiger partial charge in [0, 0.05) is 30.6 Å². The minimum absolute atomic E-state index is 0. The molecule has 2 unspecified atom stereocenters. The molecule has 1 heterocycles. The molecule has 1 aromatic carbocycles. The summed E-state index contributed by atoms with van der Waals surface area (Å²) >= 11 is 1.98. The standard InChI is InChI=1S/C20H29N5S.HI/c1-3-21-20(24-17-9-10-19(13-17)26-2)22-12-11-16-14-23-25(15-16)18-7-5-4-6-8-18;/h4-8,14-15,17,19H,3,9-13H2,1-2H3,(H2,21,22,24);1H. The van der Waals surface area contributed by atoms with Gasteiger partial charge in [0.25, 0.3) is 0 Å². The number of hydrogen-bond acceptors (Lipinski definition) is 3. The number of aliphatic imine (C=N–C) groups is 1. The minimum atomic E-state index is 0. The smallest absolute Gasteiger partial charge is 0.191 e. The van der Waals surface area contributed by atoms with Crippen molar-refractivity contribution in [3.63, 3.8) is 0 Å². The van der Waals surface area contributed by atoms with Crippen molar-refractivity contribution in [3.8, 4) is 5.69 Å². The zero-order valence-electron chi connectivity index (χ0n) is 16.1. The van der Waals surface area contributed by atoms with Crippen LogP contribution < -0.4 is 10.6 Å². The lowest BCUT2D eigenvalue weighted by Gasteiger charge is -2.17. The summed E-state index contributed by atoms with van der Waals surface area (Å²) in [4.78, 5) is 4.76. The molecular weight excluding hydrogens is 469 g/mol. The molecule has 27 heavy (non-hydrogen) atoms. The molecule has 0 amide bonds. The van der Waals surface area contributed by atoms with Gasteiger partial charge in [0.15, 0.2) is 5.96 Å². The van der Waals surface area contributed by atoms with Crippen LogP contribution in [0.1, 0.15) is 31.7 Å². The Bertz CT molecular complexity index is 703. The van der Waals surface area contributed by atoms with E-state index in [1.54, 1.807) is 0 Å². The highest BCUT2D eigenvalue weighted by Crippen LogP contribution is 2.28. The van der Waals surface area contributed by atoms with Gasteiger partial charge in [-0.05, 0) is 56.6 Å². The average molecular weight is 499 g/mol. The van der Waals surface area contributed by atoms with Crippen LogP contribution in [0.4, 0.5) is 0 Å². The number of thioether (sulfide) groups is 1. The molecule has 1 aliphatic carbocycles. The van der Waals surface area contributed by atoms with Gasteiger partial charge in [0.05, 0.1) is 11.9 Å². The maximum absolute atomic E-state index is 4.76. The summed E-state index contributed by atoms with van der Waals surface area (Å²) in [5.41, 5.74) is 2.29. The first-order chi connectivity index (χ1) is 12.8. The zero-order valence-corrected chi connectivity index (χ0v) is 19.2. The van der Waals surface area contributed by atoms with Crippen LogP contribution in [-0.4, -0.2) is 46.4 Å². The lowest BCUT2D eigenvalue weighted by molar-refractivity contribution is 0.615. The van der Waals surface area contributed by atoms with E-state index in [0.29, 0.717) is 6.04 Å². The van der Waals surface area contributed by atoms with Gasteiger partial charge in [-0.3, -0.25) is 4.99 Å². The molecule has 5 nitrogen and oxygen atoms in total. The molecule has 2 atom stereocenters. The van der Waals surface area contributed by atoms with Crippen molar-refractivity contribution in [2.75, 3.05) is 19.3 Å². The summed E-state index contributed by atoms with van der Waals surface area (Å²) in [6, 6.07) is 10.7. The van der Waals surface area contributed by atoms with E-state index >= 15 is 0 Å². The van der Waals surface area contributed by atoms with Crippen LogP contribution in [0.5, 0.6) is 0 Å². The van der Waals surface area contributed by atoms with Crippen molar-refractivity contribution in [1.82, 2.24) is 20.4 Å². The number of nitrogens with zero attached hydrogens (tertiary/aromatic N) is 3. The van der Waals surface area contributed by atoms with E-state index in [1.165, 1.54) is 24.8 Å². The summed E-state index contributed by atoms with van der Waals surface area (Å²) in [5, 5.41) is 12.2. The van der Waals surface area contributed by atoms with Crippen molar-refractivity contribution < 1.29 is 0 Å². The highest BCUT2D eigenvalue weighted by Gasteiger charge is 2.24. The number of hydrogen-bond donors (Lipinski definition) is 2. The van der Waals surface area contributed by atoms with Crippen LogP contribution in [0.15, 0.2) is 47.7 Å². The van der Waals surface area contributed by atoms with Crippen LogP contribution in [-0.2, 0) is 6.42 Å². The third-order valence-corrected chi connectivity index (χ3v) is 5.82. The SMILES string of the molecule is CCNC(=NCCc1cnn(-c2ccccc2)c1)NC1CCC(SC)C1.I. The van der Waals surface area contributed by atoms with Gasteiger partial charge in [0.1, 0.15) is 0 Å². The minimum Gasteiger partial charge on any atom is -0.357 e. The Balaban J connectivity index is 0.00000261. The van der Waals surface area contributed by atoms with Crippen LogP contribution in [0.25, 0.3) is 5.69 Å². The fraction of sp³-hybridized carbons (Fsp3) is 0.500. The van der Waals surface area contributed by atoms with Crippen LogP contribution in [0.2, 0.25) is 0 Å². The van der Waals surface area contributed by atoms with Crippen molar-refractivity contribution >= 4 is 41.7 Å². The van der Waals surface area contributed by atoms with Gasteiger partial charge in [-0.2, -0.15) is 16.9 Å². The third-order valence-electron chi connectivity index (χ3n) is 4.73. The number of rotatable bonds is 7. The fourth-order valence-electron chi connectivity index (χ4n) is 3.31. The van der Waals surface area contributed by atoms with Crippen molar-refractivity contribution in [3.05, 3.63) is 48.3 Å². The van der Waals surface area contributed by atoms with Gasteiger partial charge in [-0.25, -0.2) is 4.68 Å². The van der Waals surface area contributed by atoms with Crippen molar-refractivity contribution in [1.29, 1.82) is 0 Å². The molecule has 3 rings (SSSR count). The van der Waals surface area contributed by atoms with Gasteiger partial charge in [-0.1, -0.05) is 18.2 Å². The second-order valence-electron chi connectivity index (χ2n) is 6.65. The molecule has 0 radical (unpaired) electrons. The predicted molar refractivity (Wildman–Crippen MR) is 127 cm³/mol. The highest BCUT2D eigenvalue weighted by molar-refractivity contribution is 14.0. The Morgan fingerprint density at radius 2 is 2.11 bits per heavy atom. The number of para-hydroxylation sites is 1. The lowest BCUT2D eigenvalue weighted by Crippen LogP contribution is -2.42. The van der Waals surface area contributed by atoms with Crippen molar-refractivity contribution in [2.45, 2.75) is 43.9 Å². The molecule has 0 saturated heterocycles. The predicted octanol–water partition coefficient (Wildman–Crippen LogP) is 3.87. The number of halogens is 1. The molecule has 148 valence electrons. The third kappa shape index (κ3) is 6.71. The topological polar surface area (TPSA) is 54.2 Å². The first kappa shape index (κ1) is 22.1. The van der Waals surface area contributed by atoms with Gasteiger partial charge >= 0.3 is 0 Å². The Kier molecular flexibility index (Phi) is 9.47. The average Bonchev–Trinajstić information content (AvgIpc) is 3.32. The summed E-state index contributed by atoms with van der Waals surface area (Å²) in [6.45, 7) is 3.76. The molecule has 1 saturated carbocycles. The number of aromatic nitrogens is 2. The Morgan fingerprint density at radius 1 is 1.30 bits per heavy atom. The van der Waals surface area contributed by atoms with Crippen LogP contribution >= 0.6 is 35.7 Å². The van der Waals surface area contributed by atoms with E-state index in [2.05, 4.69) is 47.2 Å². The van der Waals surface area contributed by atoms with Gasteiger partial charge in [-0.15, -0.1) is 24.0 Å². The molecule has 1 aromatic heterocycles. The second kappa shape index (κ2) is 11.6. The first-order valence-corrected chi connectivity index (χ1v) is 10.7. The number of benzene rings is 1. The van der Waals surface area contributed by atoms with Crippen LogP contribution in [0.3, 0.4) is 0 Å². The fourth-order valence-corrected chi connectivity index (χ4v) is 4.10. The number of nitrogens with one attached hydrogen (secondary N) is 2.